The molecule has 2 aromatic rings. The van der Waals surface area contributed by atoms with E-state index in [9.17, 15) is 4.79 Å². The maximum atomic E-state index is 11.8. The first kappa shape index (κ1) is 23.4. The Bertz CT molecular complexity index is 878. The summed E-state index contributed by atoms with van der Waals surface area (Å²) in [6.45, 7) is 11.4. The second-order valence-corrected chi connectivity index (χ2v) is 10.1. The van der Waals surface area contributed by atoms with Gasteiger partial charge in [0.2, 0.25) is 0 Å². The molecule has 3 rings (SSSR count). The molecule has 4 nitrogen and oxygen atoms in total. The number of rotatable bonds is 7. The van der Waals surface area contributed by atoms with Gasteiger partial charge in [0.1, 0.15) is 5.75 Å². The second kappa shape index (κ2) is 9.93. The average Bonchev–Trinajstić information content (AvgIpc) is 2.72. The number of fused-ring (bicyclic) bond motifs is 1. The molecule has 1 saturated carbocycles. The van der Waals surface area contributed by atoms with Crippen LogP contribution in [-0.4, -0.2) is 31.8 Å². The molecule has 1 aliphatic carbocycles. The summed E-state index contributed by atoms with van der Waals surface area (Å²) in [7, 11) is 2.02. The van der Waals surface area contributed by atoms with Crippen LogP contribution in [0.5, 0.6) is 5.75 Å². The fourth-order valence-electron chi connectivity index (χ4n) is 4.60. The molecule has 0 N–H and O–H groups in total. The van der Waals surface area contributed by atoms with E-state index in [-0.39, 0.29) is 12.0 Å². The average molecular weight is 426 g/mol. The van der Waals surface area contributed by atoms with E-state index >= 15 is 0 Å². The van der Waals surface area contributed by atoms with Crippen molar-refractivity contribution in [2.75, 3.05) is 18.6 Å². The first-order chi connectivity index (χ1) is 14.7. The highest BCUT2D eigenvalue weighted by Crippen LogP contribution is 2.39. The second-order valence-electron chi connectivity index (χ2n) is 10.1. The molecular formula is C27H39NO3. The van der Waals surface area contributed by atoms with Gasteiger partial charge in [0, 0.05) is 18.8 Å². The van der Waals surface area contributed by atoms with Crippen LogP contribution in [0, 0.1) is 11.3 Å². The Morgan fingerprint density at radius 2 is 1.71 bits per heavy atom. The monoisotopic (exact) mass is 425 g/mol. The van der Waals surface area contributed by atoms with Gasteiger partial charge >= 0.3 is 5.97 Å². The van der Waals surface area contributed by atoms with Gasteiger partial charge in [0.25, 0.3) is 0 Å². The lowest BCUT2D eigenvalue weighted by Gasteiger charge is -2.37. The summed E-state index contributed by atoms with van der Waals surface area (Å²) in [4.78, 5) is 13.9. The summed E-state index contributed by atoms with van der Waals surface area (Å²) in [5.74, 6) is 1.61. The fraction of sp³-hybridized carbons (Fsp3) is 0.593. The normalized spacial score (nSPS) is 20.3. The molecule has 1 fully saturated rings. The Hall–Kier alpha value is -2.23. The van der Waals surface area contributed by atoms with Crippen molar-refractivity contribution in [1.82, 2.24) is 0 Å². The van der Waals surface area contributed by atoms with Crippen LogP contribution in [-0.2, 0) is 9.53 Å². The van der Waals surface area contributed by atoms with Gasteiger partial charge in [0.05, 0.1) is 19.1 Å². The first-order valence-corrected chi connectivity index (χ1v) is 11.8. The van der Waals surface area contributed by atoms with Crippen molar-refractivity contribution >= 4 is 22.4 Å². The molecule has 0 bridgehead atoms. The van der Waals surface area contributed by atoms with Gasteiger partial charge in [-0.2, -0.15) is 0 Å². The van der Waals surface area contributed by atoms with Crippen LogP contribution in [0.4, 0.5) is 5.69 Å². The molecule has 31 heavy (non-hydrogen) atoms. The Morgan fingerprint density at radius 1 is 1.06 bits per heavy atom. The predicted octanol–water partition coefficient (Wildman–Crippen LogP) is 6.60. The van der Waals surface area contributed by atoms with E-state index < -0.39 is 0 Å². The maximum absolute atomic E-state index is 11.8. The van der Waals surface area contributed by atoms with E-state index in [1.807, 2.05) is 20.9 Å². The van der Waals surface area contributed by atoms with Crippen LogP contribution in [0.3, 0.4) is 0 Å². The van der Waals surface area contributed by atoms with Crippen molar-refractivity contribution in [3.63, 3.8) is 0 Å². The summed E-state index contributed by atoms with van der Waals surface area (Å²) in [5.41, 5.74) is 1.49. The molecule has 170 valence electrons. The quantitative estimate of drug-likeness (QED) is 0.468. The van der Waals surface area contributed by atoms with Crippen LogP contribution in [0.25, 0.3) is 10.8 Å². The fourth-order valence-corrected chi connectivity index (χ4v) is 4.60. The van der Waals surface area contributed by atoms with Gasteiger partial charge in [-0.25, -0.2) is 0 Å². The number of ether oxygens (including phenoxy) is 2. The molecule has 0 aliphatic heterocycles. The van der Waals surface area contributed by atoms with Gasteiger partial charge in [-0.3, -0.25) is 4.79 Å². The van der Waals surface area contributed by atoms with Crippen molar-refractivity contribution in [2.45, 2.75) is 78.9 Å². The third-order valence-corrected chi connectivity index (χ3v) is 6.83. The minimum absolute atomic E-state index is 0.0716. The number of carbonyl (C=O) groups excluding carboxylic acids is 1. The van der Waals surface area contributed by atoms with Gasteiger partial charge in [-0.05, 0) is 85.9 Å². The van der Waals surface area contributed by atoms with E-state index in [1.54, 1.807) is 0 Å². The highest BCUT2D eigenvalue weighted by atomic mass is 16.5. The molecule has 0 radical (unpaired) electrons. The molecule has 1 unspecified atom stereocenters. The van der Waals surface area contributed by atoms with Gasteiger partial charge in [-0.1, -0.05) is 32.9 Å². The number of hydrogen-bond donors (Lipinski definition) is 0. The van der Waals surface area contributed by atoms with Crippen LogP contribution in [0.1, 0.15) is 66.7 Å². The summed E-state index contributed by atoms with van der Waals surface area (Å²) in [6, 6.07) is 12.9. The van der Waals surface area contributed by atoms with E-state index in [0.29, 0.717) is 24.5 Å². The van der Waals surface area contributed by atoms with Crippen molar-refractivity contribution in [2.24, 2.45) is 11.3 Å². The van der Waals surface area contributed by atoms with Gasteiger partial charge in [-0.15, -0.1) is 0 Å². The van der Waals surface area contributed by atoms with Crippen LogP contribution >= 0.6 is 0 Å². The molecule has 2 aromatic carbocycles. The third kappa shape index (κ3) is 6.15. The Labute approximate surface area is 187 Å². The van der Waals surface area contributed by atoms with E-state index in [1.165, 1.54) is 23.6 Å². The van der Waals surface area contributed by atoms with E-state index in [0.717, 1.165) is 30.2 Å². The lowest BCUT2D eigenvalue weighted by Crippen LogP contribution is -2.31. The topological polar surface area (TPSA) is 38.8 Å². The van der Waals surface area contributed by atoms with Crippen molar-refractivity contribution < 1.29 is 14.3 Å². The molecule has 0 spiro atoms. The number of carbonyl (C=O) groups is 1. The zero-order valence-electron chi connectivity index (χ0n) is 20.1. The predicted molar refractivity (Wildman–Crippen MR) is 129 cm³/mol. The van der Waals surface area contributed by atoms with Crippen molar-refractivity contribution in [3.05, 3.63) is 36.4 Å². The third-order valence-electron chi connectivity index (χ3n) is 6.83. The van der Waals surface area contributed by atoms with Crippen molar-refractivity contribution in [1.29, 1.82) is 0 Å². The number of hydrogen-bond acceptors (Lipinski definition) is 4. The smallest absolute Gasteiger partial charge is 0.307 e. The maximum Gasteiger partial charge on any atom is 0.307 e. The summed E-state index contributed by atoms with van der Waals surface area (Å²) < 4.78 is 11.4. The Morgan fingerprint density at radius 3 is 2.35 bits per heavy atom. The Balaban J connectivity index is 1.63. The minimum atomic E-state index is -0.152. The van der Waals surface area contributed by atoms with Crippen LogP contribution in [0.2, 0.25) is 0 Å². The lowest BCUT2D eigenvalue weighted by atomic mass is 9.72. The van der Waals surface area contributed by atoms with Crippen molar-refractivity contribution in [3.8, 4) is 5.75 Å². The number of benzene rings is 2. The molecule has 0 heterocycles. The van der Waals surface area contributed by atoms with Gasteiger partial charge < -0.3 is 14.4 Å². The first-order valence-electron chi connectivity index (χ1n) is 11.8. The molecule has 1 atom stereocenters. The molecule has 0 aromatic heterocycles. The van der Waals surface area contributed by atoms with Crippen LogP contribution < -0.4 is 9.64 Å². The summed E-state index contributed by atoms with van der Waals surface area (Å²) in [5, 5.41) is 2.35. The number of nitrogens with zero attached hydrogens (tertiary/aromatic N) is 1. The largest absolute Gasteiger partial charge is 0.490 e. The van der Waals surface area contributed by atoms with Crippen LogP contribution in [0.15, 0.2) is 36.4 Å². The zero-order valence-corrected chi connectivity index (χ0v) is 20.1. The molecule has 1 aliphatic rings. The number of anilines is 1. The minimum Gasteiger partial charge on any atom is -0.490 e. The molecule has 0 amide bonds. The van der Waals surface area contributed by atoms with E-state index in [2.05, 4.69) is 62.1 Å². The lowest BCUT2D eigenvalue weighted by molar-refractivity contribution is -0.143. The SMILES string of the molecule is CCOC(=O)CC(C)N(C)c1ccc2cc(OC3CCC(C(C)(C)C)CC3)ccc2c1. The van der Waals surface area contributed by atoms with E-state index in [4.69, 9.17) is 9.47 Å². The summed E-state index contributed by atoms with van der Waals surface area (Å²) in [6.07, 6.45) is 5.49. The molecule has 0 saturated heterocycles. The molecule has 4 heteroatoms. The highest BCUT2D eigenvalue weighted by Gasteiger charge is 2.30. The molecular weight excluding hydrogens is 386 g/mol. The highest BCUT2D eigenvalue weighted by molar-refractivity contribution is 5.87. The summed E-state index contributed by atoms with van der Waals surface area (Å²) >= 11 is 0. The zero-order chi connectivity index (χ0) is 22.6. The van der Waals surface area contributed by atoms with Gasteiger partial charge in [0.15, 0.2) is 0 Å². The Kier molecular flexibility index (Phi) is 7.51. The number of esters is 1. The standard InChI is InChI=1S/C27H39NO3/c1-7-30-26(29)16-19(2)28(6)23-12-8-21-18-25(13-9-20(21)17-23)31-24-14-10-22(11-15-24)27(3,4)5/h8-9,12-13,17-19,22,24H,7,10-11,14-16H2,1-6H3.